The Morgan fingerprint density at radius 3 is 2.33 bits per heavy atom. The van der Waals surface area contributed by atoms with Crippen molar-refractivity contribution in [3.63, 3.8) is 0 Å². The highest BCUT2D eigenvalue weighted by Crippen LogP contribution is 2.37. The summed E-state index contributed by atoms with van der Waals surface area (Å²) in [6, 6.07) is 0.384. The number of likely N-dealkylation sites (tertiary alicyclic amines) is 2. The first-order valence-corrected chi connectivity index (χ1v) is 7.33. The van der Waals surface area contributed by atoms with Crippen LogP contribution < -0.4 is 0 Å². The van der Waals surface area contributed by atoms with E-state index in [0.29, 0.717) is 18.9 Å². The van der Waals surface area contributed by atoms with Gasteiger partial charge in [0.15, 0.2) is 0 Å². The zero-order valence-corrected chi connectivity index (χ0v) is 11.7. The Labute approximate surface area is 109 Å². The van der Waals surface area contributed by atoms with E-state index in [1.165, 1.54) is 0 Å². The van der Waals surface area contributed by atoms with Gasteiger partial charge < -0.3 is 4.90 Å². The Morgan fingerprint density at radius 1 is 1.11 bits per heavy atom. The standard InChI is InChI=1S/C14H26F2N2/c1-3-4-12-5-10-18(11-14(12,15)16)13-6-8-17(2)9-7-13/h12-13H,3-11H2,1-2H3. The van der Waals surface area contributed by atoms with Crippen molar-refractivity contribution in [1.82, 2.24) is 9.80 Å². The highest BCUT2D eigenvalue weighted by atomic mass is 19.3. The van der Waals surface area contributed by atoms with Crippen LogP contribution >= 0.6 is 0 Å². The van der Waals surface area contributed by atoms with E-state index in [0.717, 1.165) is 38.9 Å². The molecular formula is C14H26F2N2. The predicted molar refractivity (Wildman–Crippen MR) is 70.1 cm³/mol. The van der Waals surface area contributed by atoms with Crippen molar-refractivity contribution in [2.24, 2.45) is 5.92 Å². The van der Waals surface area contributed by atoms with E-state index in [1.54, 1.807) is 0 Å². The lowest BCUT2D eigenvalue weighted by molar-refractivity contribution is -0.125. The van der Waals surface area contributed by atoms with E-state index < -0.39 is 5.92 Å². The molecule has 2 aliphatic rings. The molecule has 0 aromatic rings. The SMILES string of the molecule is CCCC1CCN(C2CCN(C)CC2)CC1(F)F. The average molecular weight is 260 g/mol. The van der Waals surface area contributed by atoms with Crippen LogP contribution in [0.5, 0.6) is 0 Å². The van der Waals surface area contributed by atoms with Crippen molar-refractivity contribution in [1.29, 1.82) is 0 Å². The highest BCUT2D eigenvalue weighted by Gasteiger charge is 2.45. The second-order valence-corrected chi connectivity index (χ2v) is 6.04. The molecule has 0 amide bonds. The van der Waals surface area contributed by atoms with Gasteiger partial charge in [0.1, 0.15) is 0 Å². The smallest absolute Gasteiger partial charge is 0.263 e. The Morgan fingerprint density at radius 2 is 1.78 bits per heavy atom. The molecule has 0 saturated carbocycles. The van der Waals surface area contributed by atoms with Gasteiger partial charge in [-0.2, -0.15) is 0 Å². The van der Waals surface area contributed by atoms with Crippen LogP contribution in [0.1, 0.15) is 39.0 Å². The van der Waals surface area contributed by atoms with Crippen molar-refractivity contribution < 1.29 is 8.78 Å². The molecule has 0 aromatic heterocycles. The predicted octanol–water partition coefficient (Wildman–Crippen LogP) is 2.84. The summed E-state index contributed by atoms with van der Waals surface area (Å²) in [5.41, 5.74) is 0. The van der Waals surface area contributed by atoms with Gasteiger partial charge in [-0.25, -0.2) is 8.78 Å². The monoisotopic (exact) mass is 260 g/mol. The second kappa shape index (κ2) is 5.83. The maximum atomic E-state index is 14.1. The van der Waals surface area contributed by atoms with Crippen LogP contribution in [-0.4, -0.2) is 55.0 Å². The van der Waals surface area contributed by atoms with Gasteiger partial charge >= 0.3 is 0 Å². The summed E-state index contributed by atoms with van der Waals surface area (Å²) in [5, 5.41) is 0. The molecule has 2 rings (SSSR count). The van der Waals surface area contributed by atoms with Crippen molar-refractivity contribution in [3.05, 3.63) is 0 Å². The Hall–Kier alpha value is -0.220. The van der Waals surface area contributed by atoms with Crippen LogP contribution in [0.2, 0.25) is 0 Å². The van der Waals surface area contributed by atoms with E-state index in [2.05, 4.69) is 16.8 Å². The second-order valence-electron chi connectivity index (χ2n) is 6.04. The highest BCUT2D eigenvalue weighted by molar-refractivity contribution is 4.90. The first kappa shape index (κ1) is 14.2. The molecule has 1 unspecified atom stereocenters. The fraction of sp³-hybridized carbons (Fsp3) is 1.00. The number of rotatable bonds is 3. The molecule has 0 radical (unpaired) electrons. The molecule has 0 aliphatic carbocycles. The molecule has 2 heterocycles. The molecule has 0 bridgehead atoms. The zero-order chi connectivity index (χ0) is 13.2. The first-order chi connectivity index (χ1) is 8.53. The summed E-state index contributed by atoms with van der Waals surface area (Å²) < 4.78 is 28.2. The maximum Gasteiger partial charge on any atom is 0.263 e. The van der Waals surface area contributed by atoms with Gasteiger partial charge in [-0.05, 0) is 52.4 Å². The lowest BCUT2D eigenvalue weighted by Gasteiger charge is -2.44. The fourth-order valence-electron chi connectivity index (χ4n) is 3.39. The number of nitrogens with zero attached hydrogens (tertiary/aromatic N) is 2. The van der Waals surface area contributed by atoms with Crippen molar-refractivity contribution >= 4 is 0 Å². The molecular weight excluding hydrogens is 234 g/mol. The molecule has 106 valence electrons. The van der Waals surface area contributed by atoms with Crippen LogP contribution in [0.3, 0.4) is 0 Å². The minimum atomic E-state index is -2.47. The van der Waals surface area contributed by atoms with Crippen molar-refractivity contribution in [2.75, 3.05) is 33.2 Å². The number of piperidine rings is 2. The number of alkyl halides is 2. The van der Waals surface area contributed by atoms with Crippen LogP contribution in [0, 0.1) is 5.92 Å². The van der Waals surface area contributed by atoms with Gasteiger partial charge in [0.2, 0.25) is 0 Å². The lowest BCUT2D eigenvalue weighted by Crippen LogP contribution is -2.54. The Balaban J connectivity index is 1.89. The molecule has 2 saturated heterocycles. The summed E-state index contributed by atoms with van der Waals surface area (Å²) in [7, 11) is 2.11. The third-order valence-electron chi connectivity index (χ3n) is 4.62. The molecule has 0 aromatic carbocycles. The van der Waals surface area contributed by atoms with Gasteiger partial charge in [-0.3, -0.25) is 4.90 Å². The number of hydrogen-bond donors (Lipinski definition) is 0. The van der Waals surface area contributed by atoms with Crippen molar-refractivity contribution in [3.8, 4) is 0 Å². The quantitative estimate of drug-likeness (QED) is 0.770. The molecule has 1 atom stereocenters. The molecule has 4 heteroatoms. The van der Waals surface area contributed by atoms with Gasteiger partial charge in [0.05, 0.1) is 6.54 Å². The molecule has 0 N–H and O–H groups in total. The number of halogens is 2. The summed E-state index contributed by atoms with van der Waals surface area (Å²) >= 11 is 0. The fourth-order valence-corrected chi connectivity index (χ4v) is 3.39. The van der Waals surface area contributed by atoms with Gasteiger partial charge in [0.25, 0.3) is 5.92 Å². The zero-order valence-electron chi connectivity index (χ0n) is 11.7. The third kappa shape index (κ3) is 3.21. The Bertz CT molecular complexity index is 263. The molecule has 2 nitrogen and oxygen atoms in total. The third-order valence-corrected chi connectivity index (χ3v) is 4.62. The Kier molecular flexibility index (Phi) is 4.59. The molecule has 2 aliphatic heterocycles. The first-order valence-electron chi connectivity index (χ1n) is 7.33. The summed E-state index contributed by atoms with van der Waals surface area (Å²) in [5.74, 6) is -2.86. The lowest BCUT2D eigenvalue weighted by atomic mass is 9.87. The van der Waals surface area contributed by atoms with E-state index in [1.807, 2.05) is 6.92 Å². The minimum absolute atomic E-state index is 0.00789. The van der Waals surface area contributed by atoms with Crippen LogP contribution in [-0.2, 0) is 0 Å². The van der Waals surface area contributed by atoms with Gasteiger partial charge in [-0.15, -0.1) is 0 Å². The van der Waals surface area contributed by atoms with Crippen LogP contribution in [0.4, 0.5) is 8.78 Å². The van der Waals surface area contributed by atoms with Crippen molar-refractivity contribution in [2.45, 2.75) is 51.0 Å². The molecule has 0 spiro atoms. The van der Waals surface area contributed by atoms with Gasteiger partial charge in [-0.1, -0.05) is 13.3 Å². The molecule has 18 heavy (non-hydrogen) atoms. The van der Waals surface area contributed by atoms with E-state index in [4.69, 9.17) is 0 Å². The normalized spacial score (nSPS) is 31.7. The number of hydrogen-bond acceptors (Lipinski definition) is 2. The largest absolute Gasteiger partial charge is 0.306 e. The topological polar surface area (TPSA) is 6.48 Å². The van der Waals surface area contributed by atoms with E-state index in [9.17, 15) is 8.78 Å². The minimum Gasteiger partial charge on any atom is -0.306 e. The van der Waals surface area contributed by atoms with Crippen LogP contribution in [0.15, 0.2) is 0 Å². The summed E-state index contributed by atoms with van der Waals surface area (Å²) in [6.07, 6.45) is 4.31. The van der Waals surface area contributed by atoms with E-state index >= 15 is 0 Å². The molecule has 2 fully saturated rings. The summed E-state index contributed by atoms with van der Waals surface area (Å²) in [4.78, 5) is 4.34. The van der Waals surface area contributed by atoms with Crippen LogP contribution in [0.25, 0.3) is 0 Å². The van der Waals surface area contributed by atoms with E-state index in [-0.39, 0.29) is 12.5 Å². The average Bonchev–Trinajstić information content (AvgIpc) is 2.32. The maximum absolute atomic E-state index is 14.1. The van der Waals surface area contributed by atoms with Gasteiger partial charge in [0, 0.05) is 12.0 Å². The summed E-state index contributed by atoms with van der Waals surface area (Å²) in [6.45, 7) is 4.95.